The Hall–Kier alpha value is -4.11. The monoisotopic (exact) mass is 517 g/mol. The van der Waals surface area contributed by atoms with Gasteiger partial charge in [0.2, 0.25) is 11.7 Å². The first kappa shape index (κ1) is 26.0. The highest BCUT2D eigenvalue weighted by atomic mass is 35.5. The van der Waals surface area contributed by atoms with Gasteiger partial charge in [-0.05, 0) is 87.0 Å². The fraction of sp³-hybridized carbons (Fsp3) is 0.259. The van der Waals surface area contributed by atoms with Gasteiger partial charge in [0.25, 0.3) is 5.91 Å². The Labute approximate surface area is 220 Å². The second-order valence-corrected chi connectivity index (χ2v) is 10.1. The van der Waals surface area contributed by atoms with Crippen molar-refractivity contribution in [2.24, 2.45) is 0 Å². The number of nitrogens with one attached hydrogen (secondary N) is 1. The normalized spacial score (nSPS) is 12.1. The lowest BCUT2D eigenvalue weighted by atomic mass is 10.0. The van der Waals surface area contributed by atoms with Crippen molar-refractivity contribution in [2.75, 3.05) is 4.90 Å². The van der Waals surface area contributed by atoms with Crippen molar-refractivity contribution in [1.82, 2.24) is 30.5 Å². The molecule has 0 aliphatic heterocycles. The summed E-state index contributed by atoms with van der Waals surface area (Å²) >= 11 is 5.97. The number of pyridine rings is 1. The van der Waals surface area contributed by atoms with Gasteiger partial charge in [0.05, 0.1) is 0 Å². The maximum atomic E-state index is 13.9. The standard InChI is InChI=1S/C27H28ClN7O2/c1-18-5-11-22(12-6-18)35(24(19-13-15-29-16-14-19)26(37)30-27(2,3)4)23(36)17-34-32-25(31-33-34)20-7-9-21(28)10-8-20/h5-16,24H,17H2,1-4H3,(H,30,37)/t24-/m1/s1. The van der Waals surface area contributed by atoms with Gasteiger partial charge in [-0.15, -0.1) is 10.2 Å². The molecule has 0 unspecified atom stereocenters. The van der Waals surface area contributed by atoms with Gasteiger partial charge >= 0.3 is 0 Å². The highest BCUT2D eigenvalue weighted by Crippen LogP contribution is 2.29. The van der Waals surface area contributed by atoms with Gasteiger partial charge in [0.15, 0.2) is 0 Å². The number of anilines is 1. The Bertz CT molecular complexity index is 1360. The molecule has 0 saturated heterocycles. The number of tetrazole rings is 1. The first-order valence-corrected chi connectivity index (χ1v) is 12.1. The Kier molecular flexibility index (Phi) is 7.63. The minimum Gasteiger partial charge on any atom is -0.349 e. The summed E-state index contributed by atoms with van der Waals surface area (Å²) in [5, 5.41) is 16.1. The Morgan fingerprint density at radius 1 is 1.00 bits per heavy atom. The zero-order valence-corrected chi connectivity index (χ0v) is 21.8. The van der Waals surface area contributed by atoms with Gasteiger partial charge in [-0.1, -0.05) is 29.3 Å². The molecule has 2 amide bonds. The number of benzene rings is 2. The van der Waals surface area contributed by atoms with Crippen LogP contribution in [0.2, 0.25) is 5.02 Å². The van der Waals surface area contributed by atoms with E-state index in [1.165, 1.54) is 9.70 Å². The highest BCUT2D eigenvalue weighted by molar-refractivity contribution is 6.30. The minimum absolute atomic E-state index is 0.223. The molecule has 1 N–H and O–H groups in total. The molecular weight excluding hydrogens is 490 g/mol. The molecule has 4 rings (SSSR count). The van der Waals surface area contributed by atoms with Crippen LogP contribution in [0.3, 0.4) is 0 Å². The van der Waals surface area contributed by atoms with Crippen LogP contribution in [-0.4, -0.2) is 42.5 Å². The molecule has 37 heavy (non-hydrogen) atoms. The van der Waals surface area contributed by atoms with Crippen LogP contribution in [0.1, 0.15) is 37.9 Å². The topological polar surface area (TPSA) is 106 Å². The van der Waals surface area contributed by atoms with E-state index in [-0.39, 0.29) is 18.4 Å². The van der Waals surface area contributed by atoms with Gasteiger partial charge in [-0.3, -0.25) is 19.5 Å². The van der Waals surface area contributed by atoms with Gasteiger partial charge in [-0.2, -0.15) is 4.80 Å². The van der Waals surface area contributed by atoms with E-state index in [0.29, 0.717) is 22.1 Å². The number of nitrogens with zero attached hydrogens (tertiary/aromatic N) is 6. The molecule has 10 heteroatoms. The summed E-state index contributed by atoms with van der Waals surface area (Å²) in [4.78, 5) is 34.3. The van der Waals surface area contributed by atoms with Crippen molar-refractivity contribution in [3.05, 3.63) is 89.2 Å². The van der Waals surface area contributed by atoms with E-state index in [1.807, 2.05) is 52.0 Å². The zero-order chi connectivity index (χ0) is 26.6. The number of carbonyl (C=O) groups excluding carboxylic acids is 2. The number of rotatable bonds is 7. The molecule has 2 aromatic carbocycles. The van der Waals surface area contributed by atoms with Crippen molar-refractivity contribution in [3.63, 3.8) is 0 Å². The SMILES string of the molecule is Cc1ccc(N(C(=O)Cn2nnc(-c3ccc(Cl)cc3)n2)[C@@H](C(=O)NC(C)(C)C)c2ccncc2)cc1. The van der Waals surface area contributed by atoms with E-state index in [9.17, 15) is 9.59 Å². The van der Waals surface area contributed by atoms with Crippen LogP contribution in [0.25, 0.3) is 11.4 Å². The Morgan fingerprint density at radius 2 is 1.65 bits per heavy atom. The van der Waals surface area contributed by atoms with Crippen molar-refractivity contribution in [1.29, 1.82) is 0 Å². The van der Waals surface area contributed by atoms with Crippen LogP contribution in [0.15, 0.2) is 73.1 Å². The zero-order valence-electron chi connectivity index (χ0n) is 21.1. The number of amides is 2. The van der Waals surface area contributed by atoms with Gasteiger partial charge in [0.1, 0.15) is 12.6 Å². The largest absolute Gasteiger partial charge is 0.349 e. The third-order valence-corrected chi connectivity index (χ3v) is 5.69. The molecule has 2 aromatic heterocycles. The smallest absolute Gasteiger partial charge is 0.251 e. The van der Waals surface area contributed by atoms with Gasteiger partial charge in [0, 0.05) is 34.2 Å². The van der Waals surface area contributed by atoms with Crippen LogP contribution < -0.4 is 10.2 Å². The third-order valence-electron chi connectivity index (χ3n) is 5.44. The molecule has 0 spiro atoms. The maximum Gasteiger partial charge on any atom is 0.251 e. The molecule has 2 heterocycles. The van der Waals surface area contributed by atoms with Gasteiger partial charge in [-0.25, -0.2) is 0 Å². The molecule has 0 radical (unpaired) electrons. The molecule has 0 aliphatic carbocycles. The molecule has 4 aromatic rings. The molecule has 190 valence electrons. The lowest BCUT2D eigenvalue weighted by Crippen LogP contribution is -2.50. The predicted molar refractivity (Wildman–Crippen MR) is 142 cm³/mol. The van der Waals surface area contributed by atoms with Crippen molar-refractivity contribution >= 4 is 29.1 Å². The lowest BCUT2D eigenvalue weighted by molar-refractivity contribution is -0.128. The van der Waals surface area contributed by atoms with Crippen molar-refractivity contribution < 1.29 is 9.59 Å². The Balaban J connectivity index is 1.72. The van der Waals surface area contributed by atoms with Crippen LogP contribution in [0.4, 0.5) is 5.69 Å². The summed E-state index contributed by atoms with van der Waals surface area (Å²) in [7, 11) is 0. The van der Waals surface area contributed by atoms with E-state index in [1.54, 1.807) is 48.8 Å². The summed E-state index contributed by atoms with van der Waals surface area (Å²) in [5.41, 5.74) is 2.43. The summed E-state index contributed by atoms with van der Waals surface area (Å²) in [6.07, 6.45) is 3.20. The fourth-order valence-electron chi connectivity index (χ4n) is 3.77. The van der Waals surface area contributed by atoms with Crippen LogP contribution in [-0.2, 0) is 16.1 Å². The summed E-state index contributed by atoms with van der Waals surface area (Å²) in [6, 6.07) is 17.0. The summed E-state index contributed by atoms with van der Waals surface area (Å²) < 4.78 is 0. The van der Waals surface area contributed by atoms with Crippen LogP contribution in [0, 0.1) is 6.92 Å². The number of aryl methyl sites for hydroxylation is 1. The molecule has 0 aliphatic rings. The number of aromatic nitrogens is 5. The van der Waals surface area contributed by atoms with E-state index in [2.05, 4.69) is 25.7 Å². The summed E-state index contributed by atoms with van der Waals surface area (Å²) in [6.45, 7) is 7.41. The van der Waals surface area contributed by atoms with E-state index in [0.717, 1.165) is 11.1 Å². The number of carbonyl (C=O) groups is 2. The number of hydrogen-bond acceptors (Lipinski definition) is 6. The third kappa shape index (κ3) is 6.56. The Morgan fingerprint density at radius 3 is 2.27 bits per heavy atom. The number of hydrogen-bond donors (Lipinski definition) is 1. The molecule has 0 saturated carbocycles. The average Bonchev–Trinajstić information content (AvgIpc) is 3.31. The highest BCUT2D eigenvalue weighted by Gasteiger charge is 2.34. The molecule has 0 fully saturated rings. The average molecular weight is 518 g/mol. The second kappa shape index (κ2) is 10.9. The van der Waals surface area contributed by atoms with E-state index >= 15 is 0 Å². The van der Waals surface area contributed by atoms with Gasteiger partial charge < -0.3 is 5.32 Å². The first-order valence-electron chi connectivity index (χ1n) is 11.8. The molecule has 1 atom stereocenters. The fourth-order valence-corrected chi connectivity index (χ4v) is 3.89. The maximum absolute atomic E-state index is 13.9. The molecular formula is C27H28ClN7O2. The first-order chi connectivity index (χ1) is 17.6. The van der Waals surface area contributed by atoms with E-state index in [4.69, 9.17) is 11.6 Å². The van der Waals surface area contributed by atoms with E-state index < -0.39 is 11.6 Å². The summed E-state index contributed by atoms with van der Waals surface area (Å²) in [5.74, 6) is -0.335. The quantitative estimate of drug-likeness (QED) is 0.390. The minimum atomic E-state index is -0.948. The van der Waals surface area contributed by atoms with Crippen LogP contribution in [0.5, 0.6) is 0 Å². The lowest BCUT2D eigenvalue weighted by Gasteiger charge is -2.33. The predicted octanol–water partition coefficient (Wildman–Crippen LogP) is 4.39. The van der Waals surface area contributed by atoms with Crippen molar-refractivity contribution in [2.45, 2.75) is 45.8 Å². The second-order valence-electron chi connectivity index (χ2n) is 9.67. The number of halogens is 1. The molecule has 9 nitrogen and oxygen atoms in total. The molecule has 0 bridgehead atoms. The van der Waals surface area contributed by atoms with Crippen LogP contribution >= 0.6 is 11.6 Å². The van der Waals surface area contributed by atoms with Crippen molar-refractivity contribution in [3.8, 4) is 11.4 Å².